The molecule has 0 spiro atoms. The summed E-state index contributed by atoms with van der Waals surface area (Å²) in [5.74, 6) is -1.20. The summed E-state index contributed by atoms with van der Waals surface area (Å²) in [6, 6.07) is 6.77. The molecule has 0 bridgehead atoms. The highest BCUT2D eigenvalue weighted by Gasteiger charge is 2.45. The van der Waals surface area contributed by atoms with Gasteiger partial charge in [-0.05, 0) is 42.9 Å². The Morgan fingerprint density at radius 2 is 1.86 bits per heavy atom. The molecule has 0 aromatic heterocycles. The molecule has 1 aromatic carbocycles. The minimum atomic E-state index is -4.24. The first kappa shape index (κ1) is 14.4. The zero-order valence-corrected chi connectivity index (χ0v) is 11.4. The summed E-state index contributed by atoms with van der Waals surface area (Å²) >= 11 is 0. The molecular weight excluding hydrogens is 281 g/mol. The lowest BCUT2D eigenvalue weighted by atomic mass is 10.0. The second kappa shape index (κ2) is 5.33. The average Bonchev–Trinajstić information content (AvgIpc) is 3.14. The molecule has 3 nitrogen and oxygen atoms in total. The molecule has 2 aliphatic rings. The highest BCUT2D eigenvalue weighted by atomic mass is 19.4. The predicted octanol–water partition coefficient (Wildman–Crippen LogP) is 3.04. The average molecular weight is 298 g/mol. The largest absolute Gasteiger partial charge is 0.393 e. The Hall–Kier alpha value is -1.56. The predicted molar refractivity (Wildman–Crippen MR) is 73.0 cm³/mol. The summed E-state index contributed by atoms with van der Waals surface area (Å²) in [5, 5.41) is 5.31. The van der Waals surface area contributed by atoms with Gasteiger partial charge in [0.2, 0.25) is 5.91 Å². The van der Waals surface area contributed by atoms with Gasteiger partial charge >= 0.3 is 6.18 Å². The molecule has 1 saturated heterocycles. The summed E-state index contributed by atoms with van der Waals surface area (Å²) in [4.78, 5) is 12.0. The van der Waals surface area contributed by atoms with Gasteiger partial charge in [-0.1, -0.05) is 12.1 Å². The first-order chi connectivity index (χ1) is 9.93. The Morgan fingerprint density at radius 3 is 2.38 bits per heavy atom. The van der Waals surface area contributed by atoms with Crippen LogP contribution in [-0.2, 0) is 4.79 Å². The van der Waals surface area contributed by atoms with E-state index in [9.17, 15) is 18.0 Å². The number of carbonyl (C=O) groups is 1. The number of carbonyl (C=O) groups excluding carboxylic acids is 1. The molecule has 6 heteroatoms. The second-order valence-electron chi connectivity index (χ2n) is 5.82. The molecule has 1 aromatic rings. The molecule has 2 N–H and O–H groups in total. The topological polar surface area (TPSA) is 41.1 Å². The van der Waals surface area contributed by atoms with Crippen LogP contribution in [0.15, 0.2) is 24.3 Å². The Balaban J connectivity index is 1.56. The van der Waals surface area contributed by atoms with Crippen molar-refractivity contribution in [3.63, 3.8) is 0 Å². The van der Waals surface area contributed by atoms with Gasteiger partial charge < -0.3 is 10.6 Å². The van der Waals surface area contributed by atoms with E-state index in [-0.39, 0.29) is 13.0 Å². The second-order valence-corrected chi connectivity index (χ2v) is 5.82. The van der Waals surface area contributed by atoms with E-state index in [4.69, 9.17) is 0 Å². The highest BCUT2D eigenvalue weighted by molar-refractivity contribution is 5.95. The van der Waals surface area contributed by atoms with E-state index >= 15 is 0 Å². The SMILES string of the molecule is O=C(Nc1ccc(C2CC2)cc1)[C@H]1C[C@H](C(F)(F)F)CN1. The van der Waals surface area contributed by atoms with Gasteiger partial charge in [-0.2, -0.15) is 13.2 Å². The Morgan fingerprint density at radius 1 is 1.19 bits per heavy atom. The molecule has 114 valence electrons. The van der Waals surface area contributed by atoms with E-state index in [1.807, 2.05) is 24.3 Å². The highest BCUT2D eigenvalue weighted by Crippen LogP contribution is 2.40. The lowest BCUT2D eigenvalue weighted by Gasteiger charge is -2.14. The molecule has 1 amide bonds. The number of alkyl halides is 3. The maximum atomic E-state index is 12.6. The van der Waals surface area contributed by atoms with Gasteiger partial charge in [0.25, 0.3) is 0 Å². The molecular formula is C15H17F3N2O. The number of hydrogen-bond donors (Lipinski definition) is 2. The molecule has 1 heterocycles. The van der Waals surface area contributed by atoms with Crippen LogP contribution in [0.3, 0.4) is 0 Å². The number of amides is 1. The first-order valence-corrected chi connectivity index (χ1v) is 7.14. The van der Waals surface area contributed by atoms with E-state index in [1.54, 1.807) is 0 Å². The summed E-state index contributed by atoms with van der Waals surface area (Å²) in [6.07, 6.45) is -2.03. The van der Waals surface area contributed by atoms with Gasteiger partial charge in [-0.3, -0.25) is 4.79 Å². The minimum Gasteiger partial charge on any atom is -0.325 e. The molecule has 1 aliphatic carbocycles. The van der Waals surface area contributed by atoms with Gasteiger partial charge in [-0.15, -0.1) is 0 Å². The monoisotopic (exact) mass is 298 g/mol. The van der Waals surface area contributed by atoms with Crippen molar-refractivity contribution in [2.45, 2.75) is 37.4 Å². The smallest absolute Gasteiger partial charge is 0.325 e. The van der Waals surface area contributed by atoms with E-state index < -0.39 is 24.0 Å². The standard InChI is InChI=1S/C15H17F3N2O/c16-15(17,18)11-7-13(19-8-11)14(21)20-12-5-3-10(4-6-12)9-1-2-9/h3-6,9,11,13,19H,1-2,7-8H2,(H,20,21)/t11-,13+/m0/s1. The molecule has 2 atom stereocenters. The van der Waals surface area contributed by atoms with Gasteiger partial charge in [-0.25, -0.2) is 0 Å². The quantitative estimate of drug-likeness (QED) is 0.900. The van der Waals surface area contributed by atoms with Crippen LogP contribution in [0.25, 0.3) is 0 Å². The third kappa shape index (κ3) is 3.37. The van der Waals surface area contributed by atoms with Crippen LogP contribution in [0.2, 0.25) is 0 Å². The Kier molecular flexibility index (Phi) is 3.65. The summed E-state index contributed by atoms with van der Waals surface area (Å²) in [7, 11) is 0. The van der Waals surface area contributed by atoms with Crippen molar-refractivity contribution in [1.82, 2.24) is 5.32 Å². The third-order valence-electron chi connectivity index (χ3n) is 4.14. The van der Waals surface area contributed by atoms with Crippen LogP contribution in [0, 0.1) is 5.92 Å². The third-order valence-corrected chi connectivity index (χ3v) is 4.14. The molecule has 2 fully saturated rings. The summed E-state index contributed by atoms with van der Waals surface area (Å²) in [6.45, 7) is -0.192. The van der Waals surface area contributed by atoms with Crippen molar-refractivity contribution in [1.29, 1.82) is 0 Å². The fraction of sp³-hybridized carbons (Fsp3) is 0.533. The van der Waals surface area contributed by atoms with Crippen molar-refractivity contribution >= 4 is 11.6 Å². The van der Waals surface area contributed by atoms with E-state index in [0.29, 0.717) is 11.6 Å². The Bertz CT molecular complexity index is 523. The number of halogens is 3. The maximum Gasteiger partial charge on any atom is 0.393 e. The van der Waals surface area contributed by atoms with Gasteiger partial charge in [0, 0.05) is 12.2 Å². The maximum absolute atomic E-state index is 12.6. The van der Waals surface area contributed by atoms with Crippen LogP contribution in [0.5, 0.6) is 0 Å². The summed E-state index contributed by atoms with van der Waals surface area (Å²) < 4.78 is 37.7. The van der Waals surface area contributed by atoms with E-state index in [0.717, 1.165) is 0 Å². The minimum absolute atomic E-state index is 0.192. The number of anilines is 1. The number of rotatable bonds is 3. The summed E-state index contributed by atoms with van der Waals surface area (Å²) in [5.41, 5.74) is 1.88. The fourth-order valence-corrected chi connectivity index (χ4v) is 2.67. The molecule has 21 heavy (non-hydrogen) atoms. The molecule has 1 saturated carbocycles. The fourth-order valence-electron chi connectivity index (χ4n) is 2.67. The van der Waals surface area contributed by atoms with Crippen LogP contribution in [0.4, 0.5) is 18.9 Å². The Labute approximate surface area is 120 Å². The zero-order valence-electron chi connectivity index (χ0n) is 11.4. The van der Waals surface area contributed by atoms with E-state index in [1.165, 1.54) is 18.4 Å². The zero-order chi connectivity index (χ0) is 15.0. The molecule has 3 rings (SSSR count). The van der Waals surface area contributed by atoms with Gasteiger partial charge in [0.15, 0.2) is 0 Å². The first-order valence-electron chi connectivity index (χ1n) is 7.14. The molecule has 0 unspecified atom stereocenters. The van der Waals surface area contributed by atoms with Crippen molar-refractivity contribution in [2.24, 2.45) is 5.92 Å². The number of benzene rings is 1. The van der Waals surface area contributed by atoms with Crippen molar-refractivity contribution in [3.05, 3.63) is 29.8 Å². The van der Waals surface area contributed by atoms with Crippen molar-refractivity contribution < 1.29 is 18.0 Å². The van der Waals surface area contributed by atoms with Gasteiger partial charge in [0.1, 0.15) is 0 Å². The normalized spacial score (nSPS) is 25.9. The van der Waals surface area contributed by atoms with Crippen LogP contribution < -0.4 is 10.6 Å². The van der Waals surface area contributed by atoms with Crippen LogP contribution in [-0.4, -0.2) is 24.7 Å². The molecule has 1 aliphatic heterocycles. The molecule has 0 radical (unpaired) electrons. The number of nitrogens with one attached hydrogen (secondary N) is 2. The van der Waals surface area contributed by atoms with Crippen molar-refractivity contribution in [2.75, 3.05) is 11.9 Å². The number of hydrogen-bond acceptors (Lipinski definition) is 2. The van der Waals surface area contributed by atoms with Crippen molar-refractivity contribution in [3.8, 4) is 0 Å². The van der Waals surface area contributed by atoms with Crippen LogP contribution in [0.1, 0.15) is 30.7 Å². The van der Waals surface area contributed by atoms with Gasteiger partial charge in [0.05, 0.1) is 12.0 Å². The lowest BCUT2D eigenvalue weighted by molar-refractivity contribution is -0.169. The van der Waals surface area contributed by atoms with Crippen LogP contribution >= 0.6 is 0 Å². The lowest BCUT2D eigenvalue weighted by Crippen LogP contribution is -2.35. The van der Waals surface area contributed by atoms with E-state index in [2.05, 4.69) is 10.6 Å².